The number of hydrogen-bond acceptors (Lipinski definition) is 6. The van der Waals surface area contributed by atoms with E-state index in [0.717, 1.165) is 22.7 Å². The highest BCUT2D eigenvalue weighted by atomic mass is 79.9. The van der Waals surface area contributed by atoms with Gasteiger partial charge in [0.1, 0.15) is 35.1 Å². The van der Waals surface area contributed by atoms with Gasteiger partial charge in [-0.25, -0.2) is 23.5 Å². The van der Waals surface area contributed by atoms with Gasteiger partial charge in [0, 0.05) is 30.6 Å². The average Bonchev–Trinajstić information content (AvgIpc) is 3.49. The van der Waals surface area contributed by atoms with Gasteiger partial charge >= 0.3 is 12.1 Å². The fourth-order valence-electron chi connectivity index (χ4n) is 4.05. The van der Waals surface area contributed by atoms with Crippen LogP contribution in [0.25, 0.3) is 0 Å². The van der Waals surface area contributed by atoms with Crippen LogP contribution in [0.4, 0.5) is 13.6 Å². The van der Waals surface area contributed by atoms with Crippen molar-refractivity contribution in [2.24, 2.45) is 10.9 Å². The number of nitrogens with zero attached hydrogens (tertiary/aromatic N) is 2. The monoisotopic (exact) mass is 606 g/mol. The summed E-state index contributed by atoms with van der Waals surface area (Å²) < 4.78 is 40.4. The Hall–Kier alpha value is -1.50. The Morgan fingerprint density at radius 3 is 2.56 bits per heavy atom. The van der Waals surface area contributed by atoms with Gasteiger partial charge in [-0.05, 0) is 51.4 Å². The van der Waals surface area contributed by atoms with E-state index in [1.807, 2.05) is 0 Å². The molecule has 1 aromatic rings. The van der Waals surface area contributed by atoms with Crippen molar-refractivity contribution < 1.29 is 33.0 Å². The largest absolute Gasteiger partial charge is 0.480 e. The molecule has 3 rings (SSSR count). The highest BCUT2D eigenvalue weighted by Gasteiger charge is 2.73. The first kappa shape index (κ1) is 29.1. The molecular weight excluding hydrogens is 574 g/mol. The van der Waals surface area contributed by atoms with Crippen LogP contribution in [0.2, 0.25) is 25.7 Å². The van der Waals surface area contributed by atoms with Crippen LogP contribution in [-0.4, -0.2) is 65.7 Å². The summed E-state index contributed by atoms with van der Waals surface area (Å²) >= 11 is 4.16. The highest BCUT2D eigenvalue weighted by molar-refractivity contribution is 9.10. The number of carbonyl (C=O) groups excluding carboxylic acids is 1. The molecule has 3 atom stereocenters. The van der Waals surface area contributed by atoms with Gasteiger partial charge in [0.15, 0.2) is 5.17 Å². The number of halogens is 3. The number of carboxylic acid groups (broad SMARTS) is 1. The van der Waals surface area contributed by atoms with Crippen LogP contribution < -0.4 is 0 Å². The third kappa shape index (κ3) is 6.13. The molecule has 1 saturated carbocycles. The Balaban J connectivity index is 2.08. The first-order valence-corrected chi connectivity index (χ1v) is 17.0. The number of benzene rings is 1. The number of hydrogen-bond donors (Lipinski definition) is 1. The lowest BCUT2D eigenvalue weighted by Crippen LogP contribution is -2.48. The standard InChI is InChI=1S/C24H33BrF2N2O5SSi/c1-22(2,3)34-21(32)29(14-33-9-10-36(4,5)6)20-28-23(13-26,16-11-15(25)7-8-17(16)27)18-12-24(18,35-20)19(30)31/h7-8,11,18H,9-10,12-14H2,1-6H3,(H,30,31). The maximum absolute atomic E-state index is 15.0. The minimum absolute atomic E-state index is 0.0610. The van der Waals surface area contributed by atoms with Crippen LogP contribution in [-0.2, 0) is 19.8 Å². The van der Waals surface area contributed by atoms with Gasteiger partial charge in [-0.1, -0.05) is 47.3 Å². The summed E-state index contributed by atoms with van der Waals surface area (Å²) in [7, 11) is -1.42. The molecule has 0 radical (unpaired) electrons. The van der Waals surface area contributed by atoms with Crippen molar-refractivity contribution in [3.63, 3.8) is 0 Å². The van der Waals surface area contributed by atoms with Gasteiger partial charge in [0.25, 0.3) is 0 Å². The van der Waals surface area contributed by atoms with Crippen molar-refractivity contribution in [2.45, 2.75) is 68.8 Å². The lowest BCUT2D eigenvalue weighted by molar-refractivity contribution is -0.137. The number of fused-ring (bicyclic) bond motifs is 1. The van der Waals surface area contributed by atoms with Crippen molar-refractivity contribution in [2.75, 3.05) is 20.0 Å². The van der Waals surface area contributed by atoms with Crippen LogP contribution >= 0.6 is 27.7 Å². The zero-order chi connectivity index (χ0) is 27.1. The van der Waals surface area contributed by atoms with Gasteiger partial charge < -0.3 is 14.6 Å². The van der Waals surface area contributed by atoms with Crippen LogP contribution in [0, 0.1) is 11.7 Å². The van der Waals surface area contributed by atoms with E-state index in [9.17, 15) is 19.1 Å². The number of thioether (sulfide) groups is 1. The van der Waals surface area contributed by atoms with Crippen molar-refractivity contribution in [3.8, 4) is 0 Å². The van der Waals surface area contributed by atoms with Crippen LogP contribution in [0.15, 0.2) is 27.7 Å². The number of amidine groups is 1. The lowest BCUT2D eigenvalue weighted by atomic mass is 9.85. The summed E-state index contributed by atoms with van der Waals surface area (Å²) in [4.78, 5) is 31.3. The number of alkyl halides is 1. The SMILES string of the molecule is CC(C)(C)OC(=O)N(COCC[Si](C)(C)C)C1=NC(CF)(c2cc(Br)ccc2F)C2CC2(C(=O)O)S1. The number of aliphatic carboxylic acids is 1. The normalized spacial score (nSPS) is 25.6. The van der Waals surface area contributed by atoms with E-state index < -0.39 is 54.4 Å². The Kier molecular flexibility index (Phi) is 8.34. The zero-order valence-corrected chi connectivity index (χ0v) is 24.8. The second kappa shape index (κ2) is 10.3. The van der Waals surface area contributed by atoms with E-state index in [1.54, 1.807) is 20.8 Å². The molecule has 3 unspecified atom stereocenters. The van der Waals surface area contributed by atoms with E-state index in [0.29, 0.717) is 11.1 Å². The number of rotatable bonds is 8. The van der Waals surface area contributed by atoms with Crippen molar-refractivity contribution in [3.05, 3.63) is 34.1 Å². The minimum Gasteiger partial charge on any atom is -0.480 e. The summed E-state index contributed by atoms with van der Waals surface area (Å²) in [5.74, 6) is -2.66. The summed E-state index contributed by atoms with van der Waals surface area (Å²) in [6.45, 7) is 10.7. The molecule has 12 heteroatoms. The molecule has 200 valence electrons. The molecule has 1 N–H and O–H groups in total. The minimum atomic E-state index is -1.81. The number of amides is 1. The average molecular weight is 608 g/mol. The van der Waals surface area contributed by atoms with Gasteiger partial charge in [0.2, 0.25) is 0 Å². The third-order valence-electron chi connectivity index (χ3n) is 6.08. The smallest absolute Gasteiger partial charge is 0.418 e. The molecule has 36 heavy (non-hydrogen) atoms. The molecule has 1 aliphatic heterocycles. The third-order valence-corrected chi connectivity index (χ3v) is 9.76. The first-order chi connectivity index (χ1) is 16.5. The molecule has 0 bridgehead atoms. The van der Waals surface area contributed by atoms with Crippen molar-refractivity contribution in [1.82, 2.24) is 4.90 Å². The fourth-order valence-corrected chi connectivity index (χ4v) is 6.61. The van der Waals surface area contributed by atoms with Crippen LogP contribution in [0.3, 0.4) is 0 Å². The zero-order valence-electron chi connectivity index (χ0n) is 21.4. The molecule has 7 nitrogen and oxygen atoms in total. The van der Waals surface area contributed by atoms with E-state index in [1.165, 1.54) is 18.2 Å². The first-order valence-electron chi connectivity index (χ1n) is 11.7. The van der Waals surface area contributed by atoms with E-state index in [4.69, 9.17) is 9.47 Å². The summed E-state index contributed by atoms with van der Waals surface area (Å²) in [6.07, 6.45) is -0.724. The molecule has 1 heterocycles. The predicted octanol–water partition coefficient (Wildman–Crippen LogP) is 6.25. The summed E-state index contributed by atoms with van der Waals surface area (Å²) in [5.41, 5.74) is -2.73. The quantitative estimate of drug-likeness (QED) is 0.214. The molecule has 1 aliphatic carbocycles. The lowest BCUT2D eigenvalue weighted by Gasteiger charge is -2.37. The van der Waals surface area contributed by atoms with Gasteiger partial charge in [-0.15, -0.1) is 0 Å². The molecule has 1 amide bonds. The van der Waals surface area contributed by atoms with E-state index in [2.05, 4.69) is 40.6 Å². The van der Waals surface area contributed by atoms with Gasteiger partial charge in [-0.3, -0.25) is 4.79 Å². The van der Waals surface area contributed by atoms with Crippen molar-refractivity contribution in [1.29, 1.82) is 0 Å². The van der Waals surface area contributed by atoms with Gasteiger partial charge in [-0.2, -0.15) is 0 Å². The molecule has 2 aliphatic rings. The molecule has 0 saturated heterocycles. The maximum Gasteiger partial charge on any atom is 0.418 e. The van der Waals surface area contributed by atoms with Crippen molar-refractivity contribution >= 4 is 53.0 Å². The molecule has 0 aromatic heterocycles. The Bertz CT molecular complexity index is 1060. The number of ether oxygens (including phenoxy) is 2. The summed E-state index contributed by atoms with van der Waals surface area (Å²) in [6, 6.07) is 4.92. The van der Waals surface area contributed by atoms with E-state index in [-0.39, 0.29) is 23.9 Å². The molecule has 0 spiro atoms. The number of carbonyl (C=O) groups is 2. The van der Waals surface area contributed by atoms with Crippen LogP contribution in [0.1, 0.15) is 32.8 Å². The highest BCUT2D eigenvalue weighted by Crippen LogP contribution is 2.67. The predicted molar refractivity (Wildman–Crippen MR) is 142 cm³/mol. The topological polar surface area (TPSA) is 88.4 Å². The second-order valence-electron chi connectivity index (χ2n) is 11.4. The summed E-state index contributed by atoms with van der Waals surface area (Å²) in [5, 5.41) is 10.0. The Morgan fingerprint density at radius 2 is 2.00 bits per heavy atom. The van der Waals surface area contributed by atoms with Crippen LogP contribution in [0.5, 0.6) is 0 Å². The molecular formula is C24H33BrF2N2O5SSi. The Morgan fingerprint density at radius 1 is 1.33 bits per heavy atom. The number of aliphatic imine (C=N–C) groups is 1. The fraction of sp³-hybridized carbons (Fsp3) is 0.625. The Labute approximate surface area is 224 Å². The second-order valence-corrected chi connectivity index (χ2v) is 19.2. The van der Waals surface area contributed by atoms with Gasteiger partial charge in [0.05, 0.1) is 0 Å². The molecule has 1 aromatic carbocycles. The maximum atomic E-state index is 15.0. The molecule has 1 fully saturated rings. The van der Waals surface area contributed by atoms with E-state index >= 15 is 4.39 Å². The number of carboxylic acids is 1.